The van der Waals surface area contributed by atoms with Gasteiger partial charge in [0, 0.05) is 17.6 Å². The summed E-state index contributed by atoms with van der Waals surface area (Å²) in [6.07, 6.45) is 6.46. The lowest BCUT2D eigenvalue weighted by Crippen LogP contribution is -2.54. The van der Waals surface area contributed by atoms with Crippen molar-refractivity contribution in [3.63, 3.8) is 0 Å². The Bertz CT molecular complexity index is 1230. The van der Waals surface area contributed by atoms with Crippen LogP contribution in [0.15, 0.2) is 42.5 Å². The highest BCUT2D eigenvalue weighted by Crippen LogP contribution is 2.33. The van der Waals surface area contributed by atoms with Gasteiger partial charge in [-0.25, -0.2) is 8.42 Å². The van der Waals surface area contributed by atoms with Crippen molar-refractivity contribution >= 4 is 39.1 Å². The molecule has 0 aliphatic heterocycles. The number of nitrogens with one attached hydrogen (secondary N) is 1. The molecule has 1 fully saturated rings. The Morgan fingerprint density at radius 2 is 1.72 bits per heavy atom. The van der Waals surface area contributed by atoms with Gasteiger partial charge in [-0.15, -0.1) is 0 Å². The van der Waals surface area contributed by atoms with Crippen LogP contribution < -0.4 is 19.1 Å². The number of carbonyl (C=O) groups excluding carboxylic acids is 2. The van der Waals surface area contributed by atoms with Gasteiger partial charge in [0.2, 0.25) is 21.8 Å². The van der Waals surface area contributed by atoms with Crippen LogP contribution in [-0.4, -0.2) is 64.2 Å². The summed E-state index contributed by atoms with van der Waals surface area (Å²) in [5.74, 6) is 0.151. The molecule has 1 saturated carbocycles. The first kappa shape index (κ1) is 30.6. The van der Waals surface area contributed by atoms with Crippen molar-refractivity contribution < 1.29 is 27.5 Å². The summed E-state index contributed by atoms with van der Waals surface area (Å²) in [4.78, 5) is 28.9. The van der Waals surface area contributed by atoms with Gasteiger partial charge in [0.15, 0.2) is 0 Å². The normalized spacial score (nSPS) is 14.8. The molecule has 1 N–H and O–H groups in total. The fraction of sp³-hybridized carbons (Fsp3) is 0.500. The first-order valence-corrected chi connectivity index (χ1v) is 15.3. The summed E-state index contributed by atoms with van der Waals surface area (Å²) in [7, 11) is -0.946. The van der Waals surface area contributed by atoms with Crippen molar-refractivity contribution in [3.8, 4) is 11.5 Å². The van der Waals surface area contributed by atoms with E-state index in [1.54, 1.807) is 31.4 Å². The zero-order valence-electron chi connectivity index (χ0n) is 23.0. The molecule has 0 radical (unpaired) electrons. The second-order valence-electron chi connectivity index (χ2n) is 9.72. The molecule has 0 aromatic heterocycles. The molecule has 0 saturated heterocycles. The Labute approximate surface area is 236 Å². The second kappa shape index (κ2) is 13.9. The number of rotatable bonds is 12. The number of hydrogen-bond donors (Lipinski definition) is 1. The third-order valence-electron chi connectivity index (χ3n) is 6.94. The fourth-order valence-electron chi connectivity index (χ4n) is 4.84. The maximum absolute atomic E-state index is 13.9. The van der Waals surface area contributed by atoms with Crippen molar-refractivity contribution in [1.29, 1.82) is 0 Å². The van der Waals surface area contributed by atoms with Gasteiger partial charge in [0.1, 0.15) is 24.1 Å². The monoisotopic (exact) mass is 579 g/mol. The predicted molar refractivity (Wildman–Crippen MR) is 153 cm³/mol. The van der Waals surface area contributed by atoms with E-state index in [0.717, 1.165) is 48.2 Å². The number of benzene rings is 2. The van der Waals surface area contributed by atoms with Crippen LogP contribution in [-0.2, 0) is 26.2 Å². The molecule has 2 aromatic rings. The minimum Gasteiger partial charge on any atom is -0.497 e. The summed E-state index contributed by atoms with van der Waals surface area (Å²) < 4.78 is 37.4. The Kier molecular flexibility index (Phi) is 10.9. The average molecular weight is 580 g/mol. The van der Waals surface area contributed by atoms with Crippen LogP contribution in [0.1, 0.15) is 51.0 Å². The van der Waals surface area contributed by atoms with E-state index >= 15 is 0 Å². The van der Waals surface area contributed by atoms with E-state index in [4.69, 9.17) is 21.1 Å². The zero-order chi connectivity index (χ0) is 28.6. The summed E-state index contributed by atoms with van der Waals surface area (Å²) in [5, 5.41) is 3.42. The van der Waals surface area contributed by atoms with Crippen molar-refractivity contribution in [2.24, 2.45) is 0 Å². The van der Waals surface area contributed by atoms with Gasteiger partial charge in [-0.3, -0.25) is 13.9 Å². The molecule has 0 bridgehead atoms. The van der Waals surface area contributed by atoms with Gasteiger partial charge in [0.25, 0.3) is 0 Å². The Hall–Kier alpha value is -2.98. The Balaban J connectivity index is 1.96. The zero-order valence-corrected chi connectivity index (χ0v) is 24.6. The molecule has 1 unspecified atom stereocenters. The Morgan fingerprint density at radius 1 is 1.05 bits per heavy atom. The molecular formula is C28H38ClN3O6S. The lowest BCUT2D eigenvalue weighted by Gasteiger charge is -2.34. The van der Waals surface area contributed by atoms with Gasteiger partial charge in [0.05, 0.1) is 26.2 Å². The van der Waals surface area contributed by atoms with Crippen LogP contribution in [0.2, 0.25) is 5.02 Å². The minimum atomic E-state index is -3.92. The number of ether oxygens (including phenoxy) is 2. The molecule has 2 aromatic carbocycles. The lowest BCUT2D eigenvalue weighted by molar-refractivity contribution is -0.140. The minimum absolute atomic E-state index is 0.0708. The summed E-state index contributed by atoms with van der Waals surface area (Å²) in [6, 6.07) is 11.0. The molecule has 1 aliphatic carbocycles. The largest absolute Gasteiger partial charge is 0.497 e. The number of carbonyl (C=O) groups is 2. The summed E-state index contributed by atoms with van der Waals surface area (Å²) >= 11 is 6.17. The number of anilines is 1. The van der Waals surface area contributed by atoms with Gasteiger partial charge >= 0.3 is 0 Å². The van der Waals surface area contributed by atoms with E-state index in [9.17, 15) is 18.0 Å². The van der Waals surface area contributed by atoms with E-state index in [0.29, 0.717) is 17.2 Å². The van der Waals surface area contributed by atoms with Crippen LogP contribution in [0.5, 0.6) is 11.5 Å². The topological polar surface area (TPSA) is 105 Å². The maximum Gasteiger partial charge on any atom is 0.244 e. The average Bonchev–Trinajstić information content (AvgIpc) is 2.91. The highest BCUT2D eigenvalue weighted by atomic mass is 35.5. The van der Waals surface area contributed by atoms with E-state index in [1.807, 2.05) is 19.1 Å². The van der Waals surface area contributed by atoms with Crippen LogP contribution in [0, 0.1) is 0 Å². The van der Waals surface area contributed by atoms with Crippen LogP contribution in [0.25, 0.3) is 0 Å². The second-order valence-corrected chi connectivity index (χ2v) is 12.1. The first-order chi connectivity index (χ1) is 18.6. The number of halogens is 1. The third kappa shape index (κ3) is 8.25. The third-order valence-corrected chi connectivity index (χ3v) is 8.30. The molecule has 1 aliphatic rings. The molecule has 9 nitrogen and oxygen atoms in total. The number of hydrogen-bond acceptors (Lipinski definition) is 6. The van der Waals surface area contributed by atoms with Gasteiger partial charge in [-0.2, -0.15) is 0 Å². The molecular weight excluding hydrogens is 542 g/mol. The summed E-state index contributed by atoms with van der Waals surface area (Å²) in [5.41, 5.74) is 0.921. The number of methoxy groups -OCH3 is 2. The highest BCUT2D eigenvalue weighted by molar-refractivity contribution is 7.92. The van der Waals surface area contributed by atoms with E-state index < -0.39 is 28.5 Å². The fourth-order valence-corrected chi connectivity index (χ4v) is 5.86. The van der Waals surface area contributed by atoms with Crippen molar-refractivity contribution in [2.75, 3.05) is 31.3 Å². The quantitative estimate of drug-likeness (QED) is 0.400. The number of nitrogens with zero attached hydrogens (tertiary/aromatic N) is 2. The molecule has 214 valence electrons. The lowest BCUT2D eigenvalue weighted by atomic mass is 9.95. The van der Waals surface area contributed by atoms with Crippen molar-refractivity contribution in [3.05, 3.63) is 53.1 Å². The number of amides is 2. The molecule has 2 amide bonds. The van der Waals surface area contributed by atoms with Gasteiger partial charge < -0.3 is 19.7 Å². The van der Waals surface area contributed by atoms with Crippen molar-refractivity contribution in [2.45, 2.75) is 64.1 Å². The number of sulfonamides is 1. The van der Waals surface area contributed by atoms with E-state index in [-0.39, 0.29) is 29.9 Å². The SMILES string of the molecule is CCC(C(=O)NC1CCCCC1)N(Cc1ccc(OC)cc1)C(=O)CN(c1cc(Cl)ccc1OC)S(C)(=O)=O. The van der Waals surface area contributed by atoms with Crippen LogP contribution in [0.4, 0.5) is 5.69 Å². The molecule has 11 heteroatoms. The molecule has 39 heavy (non-hydrogen) atoms. The van der Waals surface area contributed by atoms with Crippen molar-refractivity contribution in [1.82, 2.24) is 10.2 Å². The van der Waals surface area contributed by atoms with Crippen LogP contribution >= 0.6 is 11.6 Å². The molecule has 0 heterocycles. The van der Waals surface area contributed by atoms with E-state index in [2.05, 4.69) is 5.32 Å². The standard InChI is InChI=1S/C28H38ClN3O6S/c1-5-24(28(34)30-22-9-7-6-8-10-22)31(18-20-11-14-23(37-2)15-12-20)27(33)19-32(39(4,35)36)25-17-21(29)13-16-26(25)38-3/h11-17,22,24H,5-10,18-19H2,1-4H3,(H,30,34). The maximum atomic E-state index is 13.9. The van der Waals surface area contributed by atoms with Gasteiger partial charge in [-0.05, 0) is 55.2 Å². The Morgan fingerprint density at radius 3 is 2.28 bits per heavy atom. The highest BCUT2D eigenvalue weighted by Gasteiger charge is 2.33. The van der Waals surface area contributed by atoms with Crippen LogP contribution in [0.3, 0.4) is 0 Å². The molecule has 3 rings (SSSR count). The summed E-state index contributed by atoms with van der Waals surface area (Å²) in [6.45, 7) is 1.43. The predicted octanol–water partition coefficient (Wildman–Crippen LogP) is 4.38. The molecule has 0 spiro atoms. The van der Waals surface area contributed by atoms with E-state index in [1.165, 1.54) is 18.1 Å². The molecule has 1 atom stereocenters. The first-order valence-electron chi connectivity index (χ1n) is 13.1. The van der Waals surface area contributed by atoms with Gasteiger partial charge in [-0.1, -0.05) is 49.9 Å². The smallest absolute Gasteiger partial charge is 0.244 e.